The van der Waals surface area contributed by atoms with Crippen molar-refractivity contribution < 1.29 is 17.9 Å². The molecule has 0 atom stereocenters. The van der Waals surface area contributed by atoms with Crippen molar-refractivity contribution in [3.8, 4) is 0 Å². The Morgan fingerprint density at radius 1 is 1.44 bits per heavy atom. The standard InChI is InChI=1S/C7H10BrF3N4O/c8-5-13-6(12)14-15(5)2-1-3-16-4-7(9,10)11/h1-4H2,(H2,12,14). The molecule has 16 heavy (non-hydrogen) atoms. The first-order valence-electron chi connectivity index (χ1n) is 4.39. The van der Waals surface area contributed by atoms with Gasteiger partial charge in [-0.15, -0.1) is 5.10 Å². The number of alkyl halides is 3. The van der Waals surface area contributed by atoms with Gasteiger partial charge in [-0.25, -0.2) is 4.68 Å². The van der Waals surface area contributed by atoms with Gasteiger partial charge in [-0.1, -0.05) is 0 Å². The van der Waals surface area contributed by atoms with E-state index in [0.717, 1.165) is 0 Å². The summed E-state index contributed by atoms with van der Waals surface area (Å²) in [5.41, 5.74) is 5.31. The number of hydrogen-bond acceptors (Lipinski definition) is 4. The lowest BCUT2D eigenvalue weighted by Crippen LogP contribution is -2.18. The van der Waals surface area contributed by atoms with E-state index in [1.165, 1.54) is 4.68 Å². The molecule has 1 heterocycles. The van der Waals surface area contributed by atoms with Gasteiger partial charge in [0.05, 0.1) is 0 Å². The summed E-state index contributed by atoms with van der Waals surface area (Å²) in [4.78, 5) is 3.77. The van der Waals surface area contributed by atoms with Gasteiger partial charge in [0.1, 0.15) is 6.61 Å². The zero-order chi connectivity index (χ0) is 12.2. The number of rotatable bonds is 5. The molecule has 0 unspecified atom stereocenters. The van der Waals surface area contributed by atoms with Gasteiger partial charge in [-0.05, 0) is 22.4 Å². The Kier molecular flexibility index (Phi) is 4.54. The molecule has 5 nitrogen and oxygen atoms in total. The number of nitrogens with two attached hydrogens (primary N) is 1. The summed E-state index contributed by atoms with van der Waals surface area (Å²) in [5, 5.41) is 3.82. The number of hydrogen-bond donors (Lipinski definition) is 1. The monoisotopic (exact) mass is 302 g/mol. The van der Waals surface area contributed by atoms with Crippen molar-refractivity contribution in [2.24, 2.45) is 0 Å². The van der Waals surface area contributed by atoms with E-state index in [9.17, 15) is 13.2 Å². The summed E-state index contributed by atoms with van der Waals surface area (Å²) in [6.07, 6.45) is -3.88. The van der Waals surface area contributed by atoms with Gasteiger partial charge in [0.15, 0.2) is 4.73 Å². The molecule has 0 saturated carbocycles. The first-order chi connectivity index (χ1) is 7.38. The van der Waals surface area contributed by atoms with Crippen LogP contribution >= 0.6 is 15.9 Å². The molecule has 92 valence electrons. The molecule has 0 aromatic carbocycles. The van der Waals surface area contributed by atoms with Crippen LogP contribution in [0.1, 0.15) is 6.42 Å². The van der Waals surface area contributed by atoms with E-state index in [2.05, 4.69) is 30.7 Å². The first kappa shape index (κ1) is 13.2. The van der Waals surface area contributed by atoms with Crippen molar-refractivity contribution in [3.05, 3.63) is 4.73 Å². The van der Waals surface area contributed by atoms with Gasteiger partial charge in [-0.3, -0.25) is 0 Å². The maximum absolute atomic E-state index is 11.7. The second-order valence-corrected chi connectivity index (χ2v) is 3.69. The molecular weight excluding hydrogens is 293 g/mol. The van der Waals surface area contributed by atoms with Crippen LogP contribution in [0.15, 0.2) is 4.73 Å². The van der Waals surface area contributed by atoms with Crippen molar-refractivity contribution in [1.29, 1.82) is 0 Å². The fraction of sp³-hybridized carbons (Fsp3) is 0.714. The van der Waals surface area contributed by atoms with Crippen LogP contribution in [-0.2, 0) is 11.3 Å². The molecule has 1 aromatic heterocycles. The Balaban J connectivity index is 2.19. The number of aryl methyl sites for hydroxylation is 1. The largest absolute Gasteiger partial charge is 0.411 e. The van der Waals surface area contributed by atoms with E-state index >= 15 is 0 Å². The normalized spacial score (nSPS) is 12.0. The van der Waals surface area contributed by atoms with E-state index in [4.69, 9.17) is 5.73 Å². The smallest absolute Gasteiger partial charge is 0.372 e. The predicted molar refractivity (Wildman–Crippen MR) is 53.6 cm³/mol. The molecule has 9 heteroatoms. The van der Waals surface area contributed by atoms with E-state index in [0.29, 0.717) is 17.7 Å². The molecule has 0 spiro atoms. The number of aromatic nitrogens is 3. The molecule has 1 aromatic rings. The summed E-state index contributed by atoms with van der Waals surface area (Å²) >= 11 is 3.11. The average molecular weight is 303 g/mol. The quantitative estimate of drug-likeness (QED) is 0.839. The predicted octanol–water partition coefficient (Wildman–Crippen LogP) is 1.59. The van der Waals surface area contributed by atoms with Crippen molar-refractivity contribution in [3.63, 3.8) is 0 Å². The van der Waals surface area contributed by atoms with E-state index in [1.807, 2.05) is 0 Å². The van der Waals surface area contributed by atoms with Gasteiger partial charge in [0.2, 0.25) is 5.95 Å². The number of halogens is 4. The average Bonchev–Trinajstić information content (AvgIpc) is 2.42. The minimum absolute atomic E-state index is 0.00567. The molecule has 0 fully saturated rings. The highest BCUT2D eigenvalue weighted by Gasteiger charge is 2.27. The van der Waals surface area contributed by atoms with Crippen molar-refractivity contribution in [2.45, 2.75) is 19.1 Å². The lowest BCUT2D eigenvalue weighted by Gasteiger charge is -2.07. The van der Waals surface area contributed by atoms with Crippen LogP contribution in [0.5, 0.6) is 0 Å². The fourth-order valence-corrected chi connectivity index (χ4v) is 1.42. The molecule has 1 rings (SSSR count). The van der Waals surface area contributed by atoms with Crippen LogP contribution in [0, 0.1) is 0 Å². The van der Waals surface area contributed by atoms with Gasteiger partial charge in [0.25, 0.3) is 0 Å². The number of anilines is 1. The summed E-state index contributed by atoms with van der Waals surface area (Å²) in [5.74, 6) is 0.114. The third kappa shape index (κ3) is 4.79. The van der Waals surface area contributed by atoms with Gasteiger partial charge >= 0.3 is 6.18 Å². The van der Waals surface area contributed by atoms with Crippen LogP contribution < -0.4 is 5.73 Å². The van der Waals surface area contributed by atoms with Gasteiger partial charge < -0.3 is 10.5 Å². The maximum atomic E-state index is 11.7. The SMILES string of the molecule is Nc1nc(Br)n(CCCOCC(F)(F)F)n1. The lowest BCUT2D eigenvalue weighted by molar-refractivity contribution is -0.174. The van der Waals surface area contributed by atoms with Crippen molar-refractivity contribution in [1.82, 2.24) is 14.8 Å². The van der Waals surface area contributed by atoms with Crippen LogP contribution in [0.25, 0.3) is 0 Å². The third-order valence-electron chi connectivity index (χ3n) is 1.57. The number of nitrogens with zero attached hydrogens (tertiary/aromatic N) is 3. The third-order valence-corrected chi connectivity index (χ3v) is 2.15. The van der Waals surface area contributed by atoms with Crippen LogP contribution in [0.2, 0.25) is 0 Å². The minimum atomic E-state index is -4.28. The van der Waals surface area contributed by atoms with Crippen molar-refractivity contribution >= 4 is 21.9 Å². The molecule has 0 aliphatic carbocycles. The van der Waals surface area contributed by atoms with Gasteiger partial charge in [0, 0.05) is 13.2 Å². The van der Waals surface area contributed by atoms with E-state index in [-0.39, 0.29) is 12.6 Å². The number of ether oxygens (including phenoxy) is 1. The molecule has 0 radical (unpaired) electrons. The highest BCUT2D eigenvalue weighted by atomic mass is 79.9. The Morgan fingerprint density at radius 2 is 2.12 bits per heavy atom. The second-order valence-electron chi connectivity index (χ2n) is 2.98. The van der Waals surface area contributed by atoms with Crippen LogP contribution in [0.4, 0.5) is 19.1 Å². The van der Waals surface area contributed by atoms with Crippen LogP contribution in [0.3, 0.4) is 0 Å². The van der Waals surface area contributed by atoms with E-state index in [1.54, 1.807) is 0 Å². The Morgan fingerprint density at radius 3 is 2.62 bits per heavy atom. The summed E-state index contributed by atoms with van der Waals surface area (Å²) in [6, 6.07) is 0. The molecule has 0 saturated heterocycles. The Bertz CT molecular complexity index is 341. The molecule has 0 amide bonds. The zero-order valence-corrected chi connectivity index (χ0v) is 9.75. The Labute approximate surface area is 97.9 Å². The molecule has 2 N–H and O–H groups in total. The molecule has 0 aliphatic rings. The molecular formula is C7H10BrF3N4O. The first-order valence-corrected chi connectivity index (χ1v) is 5.18. The summed E-state index contributed by atoms with van der Waals surface area (Å²) < 4.78 is 41.4. The van der Waals surface area contributed by atoms with Crippen molar-refractivity contribution in [2.75, 3.05) is 18.9 Å². The van der Waals surface area contributed by atoms with Crippen LogP contribution in [-0.4, -0.2) is 34.2 Å². The Hall–Kier alpha value is -0.830. The fourth-order valence-electron chi connectivity index (χ4n) is 0.986. The molecule has 0 aliphatic heterocycles. The summed E-state index contributed by atoms with van der Waals surface area (Å²) in [6.45, 7) is -0.831. The maximum Gasteiger partial charge on any atom is 0.411 e. The second kappa shape index (κ2) is 5.48. The zero-order valence-electron chi connectivity index (χ0n) is 8.17. The molecule has 0 bridgehead atoms. The minimum Gasteiger partial charge on any atom is -0.372 e. The highest BCUT2D eigenvalue weighted by molar-refractivity contribution is 9.10. The number of nitrogen functional groups attached to an aromatic ring is 1. The van der Waals surface area contributed by atoms with Gasteiger partial charge in [-0.2, -0.15) is 18.2 Å². The topological polar surface area (TPSA) is 66.0 Å². The summed E-state index contributed by atoms with van der Waals surface area (Å²) in [7, 11) is 0. The lowest BCUT2D eigenvalue weighted by atomic mass is 10.4. The highest BCUT2D eigenvalue weighted by Crippen LogP contribution is 2.14. The van der Waals surface area contributed by atoms with E-state index < -0.39 is 12.8 Å².